The van der Waals surface area contributed by atoms with Crippen molar-refractivity contribution in [2.45, 2.75) is 0 Å². The number of methoxy groups -OCH3 is 1. The molecule has 0 unspecified atom stereocenters. The number of nitro benzene ring substituents is 1. The maximum Gasteiger partial charge on any atom is 0.307 e. The Morgan fingerprint density at radius 2 is 2.03 bits per heavy atom. The van der Waals surface area contributed by atoms with Crippen LogP contribution in [0.3, 0.4) is 0 Å². The van der Waals surface area contributed by atoms with Gasteiger partial charge in [-0.25, -0.2) is 9.97 Å². The topological polar surface area (TPSA) is 108 Å². The summed E-state index contributed by atoms with van der Waals surface area (Å²) in [5.41, 5.74) is 2.00. The zero-order chi connectivity index (χ0) is 25.1. The molecule has 0 bridgehead atoms. The summed E-state index contributed by atoms with van der Waals surface area (Å²) in [6.07, 6.45) is 3.54. The number of likely N-dealkylation sites (N-methyl/N-ethyl adjacent to an activating group) is 1. The van der Waals surface area contributed by atoms with E-state index in [1.165, 1.54) is 7.11 Å². The van der Waals surface area contributed by atoms with Crippen molar-refractivity contribution in [3.05, 3.63) is 64.7 Å². The molecule has 2 aromatic heterocycles. The van der Waals surface area contributed by atoms with Gasteiger partial charge in [0.05, 0.1) is 28.9 Å². The van der Waals surface area contributed by atoms with Crippen LogP contribution in [0.2, 0.25) is 0 Å². The van der Waals surface area contributed by atoms with Crippen LogP contribution in [-0.4, -0.2) is 58.7 Å². The highest BCUT2D eigenvalue weighted by atomic mass is 19.1. The lowest BCUT2D eigenvalue weighted by Gasteiger charge is -2.11. The van der Waals surface area contributed by atoms with Crippen LogP contribution < -0.4 is 14.8 Å². The summed E-state index contributed by atoms with van der Waals surface area (Å²) in [4.78, 5) is 21.2. The maximum absolute atomic E-state index is 14.0. The fourth-order valence-electron chi connectivity index (χ4n) is 3.64. The number of halogens is 1. The number of hydrogen-bond acceptors (Lipinski definition) is 8. The summed E-state index contributed by atoms with van der Waals surface area (Å²) in [6, 6.07) is 9.66. The number of benzene rings is 2. The molecule has 0 aliphatic carbocycles. The lowest BCUT2D eigenvalue weighted by Crippen LogP contribution is -2.19. The molecule has 0 atom stereocenters. The minimum absolute atomic E-state index is 0.0917. The molecule has 0 fully saturated rings. The Morgan fingerprint density at radius 3 is 2.74 bits per heavy atom. The second-order valence-corrected chi connectivity index (χ2v) is 8.14. The highest BCUT2D eigenvalue weighted by Gasteiger charge is 2.20. The molecule has 1 N–H and O–H groups in total. The normalized spacial score (nSPS) is 11.1. The first kappa shape index (κ1) is 23.9. The van der Waals surface area contributed by atoms with Gasteiger partial charge < -0.3 is 24.3 Å². The van der Waals surface area contributed by atoms with E-state index in [0.29, 0.717) is 12.3 Å². The quantitative estimate of drug-likeness (QED) is 0.278. The first-order valence-electron chi connectivity index (χ1n) is 10.8. The van der Waals surface area contributed by atoms with E-state index >= 15 is 0 Å². The van der Waals surface area contributed by atoms with Gasteiger partial charge in [-0.1, -0.05) is 0 Å². The molecular formula is C24H25FN6O4. The van der Waals surface area contributed by atoms with Crippen LogP contribution in [0.25, 0.3) is 22.2 Å². The van der Waals surface area contributed by atoms with E-state index in [9.17, 15) is 14.5 Å². The monoisotopic (exact) mass is 480 g/mol. The number of hydrogen-bond donors (Lipinski definition) is 1. The van der Waals surface area contributed by atoms with Crippen molar-refractivity contribution >= 4 is 28.2 Å². The predicted octanol–water partition coefficient (Wildman–Crippen LogP) is 4.38. The van der Waals surface area contributed by atoms with Crippen LogP contribution in [0, 0.1) is 15.9 Å². The number of ether oxygens (including phenoxy) is 2. The summed E-state index contributed by atoms with van der Waals surface area (Å²) >= 11 is 0. The zero-order valence-corrected chi connectivity index (χ0v) is 19.8. The van der Waals surface area contributed by atoms with Crippen molar-refractivity contribution in [3.8, 4) is 22.8 Å². The highest BCUT2D eigenvalue weighted by molar-refractivity contribution is 5.96. The molecule has 10 nitrogen and oxygen atoms in total. The second-order valence-electron chi connectivity index (χ2n) is 8.14. The number of nitrogens with one attached hydrogen (secondary N) is 1. The summed E-state index contributed by atoms with van der Waals surface area (Å²) in [7, 11) is 7.28. The molecule has 0 amide bonds. The molecule has 2 aromatic carbocycles. The largest absolute Gasteiger partial charge is 0.494 e. The van der Waals surface area contributed by atoms with E-state index in [-0.39, 0.29) is 17.4 Å². The maximum atomic E-state index is 14.0. The van der Waals surface area contributed by atoms with Crippen LogP contribution >= 0.6 is 0 Å². The van der Waals surface area contributed by atoms with Crippen molar-refractivity contribution in [2.24, 2.45) is 7.05 Å². The van der Waals surface area contributed by atoms with Gasteiger partial charge in [-0.05, 0) is 32.3 Å². The number of nitrogens with zero attached hydrogens (tertiary/aromatic N) is 5. The smallest absolute Gasteiger partial charge is 0.307 e. The minimum atomic E-state index is -0.993. The fraction of sp³-hybridized carbons (Fsp3) is 0.250. The highest BCUT2D eigenvalue weighted by Crippen LogP contribution is 2.35. The molecule has 2 heterocycles. The van der Waals surface area contributed by atoms with Crippen LogP contribution in [0.5, 0.6) is 11.5 Å². The van der Waals surface area contributed by atoms with Crippen molar-refractivity contribution in [1.29, 1.82) is 0 Å². The fourth-order valence-corrected chi connectivity index (χ4v) is 3.64. The van der Waals surface area contributed by atoms with Gasteiger partial charge in [-0.15, -0.1) is 0 Å². The molecule has 0 saturated carbocycles. The Bertz CT molecular complexity index is 1390. The van der Waals surface area contributed by atoms with Gasteiger partial charge in [0.25, 0.3) is 0 Å². The predicted molar refractivity (Wildman–Crippen MR) is 131 cm³/mol. The van der Waals surface area contributed by atoms with E-state index < -0.39 is 16.4 Å². The molecule has 4 rings (SSSR count). The Morgan fingerprint density at radius 1 is 1.23 bits per heavy atom. The minimum Gasteiger partial charge on any atom is -0.494 e. The number of anilines is 2. The van der Waals surface area contributed by atoms with E-state index in [0.717, 1.165) is 40.9 Å². The summed E-state index contributed by atoms with van der Waals surface area (Å²) in [6.45, 7) is 1.40. The van der Waals surface area contributed by atoms with Gasteiger partial charge in [0.1, 0.15) is 18.1 Å². The Hall–Kier alpha value is -4.25. The van der Waals surface area contributed by atoms with Gasteiger partial charge in [0.2, 0.25) is 11.8 Å². The van der Waals surface area contributed by atoms with E-state index in [1.807, 2.05) is 50.1 Å². The number of rotatable bonds is 9. The van der Waals surface area contributed by atoms with Crippen LogP contribution in [0.15, 0.2) is 48.8 Å². The summed E-state index contributed by atoms with van der Waals surface area (Å²) in [5.74, 6) is 0.0615. The molecule has 35 heavy (non-hydrogen) atoms. The van der Waals surface area contributed by atoms with Gasteiger partial charge in [0, 0.05) is 55.1 Å². The van der Waals surface area contributed by atoms with Gasteiger partial charge in [-0.3, -0.25) is 10.1 Å². The van der Waals surface area contributed by atoms with E-state index in [4.69, 9.17) is 9.47 Å². The molecule has 0 aliphatic rings. The van der Waals surface area contributed by atoms with Crippen molar-refractivity contribution in [2.75, 3.05) is 39.7 Å². The molecule has 0 spiro atoms. The molecule has 0 saturated heterocycles. The molecular weight excluding hydrogens is 455 g/mol. The molecule has 4 aromatic rings. The van der Waals surface area contributed by atoms with E-state index in [1.54, 1.807) is 12.3 Å². The van der Waals surface area contributed by atoms with Gasteiger partial charge >= 0.3 is 5.69 Å². The number of aryl methyl sites for hydroxylation is 1. The first-order chi connectivity index (χ1) is 16.8. The lowest BCUT2D eigenvalue weighted by atomic mass is 10.1. The molecule has 11 heteroatoms. The average Bonchev–Trinajstić information content (AvgIpc) is 3.15. The third kappa shape index (κ3) is 5.14. The van der Waals surface area contributed by atoms with Crippen molar-refractivity contribution < 1.29 is 18.8 Å². The second kappa shape index (κ2) is 9.94. The Balaban J connectivity index is 1.65. The standard InChI is InChI=1S/C24H25FN6O4/c1-29(2)9-10-35-15-5-6-16-17(14-30(3)21(16)11-15)19-7-8-26-24(27-19)28-20-13-22(31(32)33)18(25)12-23(20)34-4/h5-8,11-14H,9-10H2,1-4H3,(H,26,27,28). The lowest BCUT2D eigenvalue weighted by molar-refractivity contribution is -0.387. The van der Waals surface area contributed by atoms with Gasteiger partial charge in [0.15, 0.2) is 0 Å². The molecule has 0 radical (unpaired) electrons. The number of fused-ring (bicyclic) bond motifs is 1. The third-order valence-corrected chi connectivity index (χ3v) is 5.41. The SMILES string of the molecule is COc1cc(F)c([N+](=O)[O-])cc1Nc1nccc(-c2cn(C)c3cc(OCCN(C)C)ccc23)n1. The Kier molecular flexibility index (Phi) is 6.78. The summed E-state index contributed by atoms with van der Waals surface area (Å²) in [5, 5.41) is 15.0. The molecule has 0 aliphatic heterocycles. The van der Waals surface area contributed by atoms with E-state index in [2.05, 4.69) is 20.2 Å². The van der Waals surface area contributed by atoms with Crippen molar-refractivity contribution in [3.63, 3.8) is 0 Å². The first-order valence-corrected chi connectivity index (χ1v) is 10.8. The number of nitro groups is 1. The van der Waals surface area contributed by atoms with Crippen LogP contribution in [0.4, 0.5) is 21.7 Å². The molecule has 182 valence electrons. The Labute approximate surface area is 201 Å². The summed E-state index contributed by atoms with van der Waals surface area (Å²) < 4.78 is 27.0. The third-order valence-electron chi connectivity index (χ3n) is 5.41. The van der Waals surface area contributed by atoms with Crippen LogP contribution in [0.1, 0.15) is 0 Å². The van der Waals surface area contributed by atoms with Crippen molar-refractivity contribution in [1.82, 2.24) is 19.4 Å². The average molecular weight is 481 g/mol. The van der Waals surface area contributed by atoms with Gasteiger partial charge in [-0.2, -0.15) is 4.39 Å². The zero-order valence-electron chi connectivity index (χ0n) is 19.8. The number of aromatic nitrogens is 3. The van der Waals surface area contributed by atoms with Crippen LogP contribution in [-0.2, 0) is 7.05 Å².